The third kappa shape index (κ3) is 3.02. The highest BCUT2D eigenvalue weighted by Gasteiger charge is 2.08. The second-order valence-corrected chi connectivity index (χ2v) is 4.30. The molecule has 88 valence electrons. The van der Waals surface area contributed by atoms with Crippen LogP contribution >= 0.6 is 23.2 Å². The topological polar surface area (TPSA) is 18.0 Å². The van der Waals surface area contributed by atoms with Gasteiger partial charge in [0, 0.05) is 15.6 Å². The number of hydrogen-bond donors (Lipinski definition) is 0. The molecule has 0 unspecified atom stereocenters. The van der Waals surface area contributed by atoms with Gasteiger partial charge in [-0.2, -0.15) is 0 Å². The average Bonchev–Trinajstić information content (AvgIpc) is 2.71. The lowest BCUT2D eigenvalue weighted by atomic mass is 10.2. The van der Waals surface area contributed by atoms with Gasteiger partial charge in [-0.25, -0.2) is 4.57 Å². The Kier molecular flexibility index (Phi) is 3.71. The second-order valence-electron chi connectivity index (χ2n) is 3.45. The quantitative estimate of drug-likeness (QED) is 0.617. The van der Waals surface area contributed by atoms with E-state index >= 15 is 0 Å². The Morgan fingerprint density at radius 1 is 1.41 bits per heavy atom. The normalized spacial score (nSPS) is 10.2. The molecule has 1 heterocycles. The number of imidazole rings is 1. The number of rotatable bonds is 4. The van der Waals surface area contributed by atoms with Crippen molar-refractivity contribution in [3.05, 3.63) is 65.4 Å². The molecule has 1 aromatic heterocycles. The molecule has 17 heavy (non-hydrogen) atoms. The smallest absolute Gasteiger partial charge is 0.285 e. The highest BCUT2D eigenvalue weighted by molar-refractivity contribution is 6.35. The Hall–Kier alpha value is -1.45. The number of hydrogen-bond acceptors (Lipinski definition) is 1. The number of aromatic nitrogens is 2. The molecule has 0 aliphatic rings. The molecule has 0 spiro atoms. The van der Waals surface area contributed by atoms with Gasteiger partial charge in [-0.3, -0.25) is 0 Å². The molecule has 0 fully saturated rings. The summed E-state index contributed by atoms with van der Waals surface area (Å²) in [5, 5.41) is 1.29. The standard InChI is InChI=1S/C12H11Cl2N2O/c1-2-17-16-6-5-15(9-16)8-10-3-4-11(13)7-12(10)14/h2-7,9H,1,8H2/q+1. The van der Waals surface area contributed by atoms with Crippen LogP contribution in [0.1, 0.15) is 5.56 Å². The summed E-state index contributed by atoms with van der Waals surface area (Å²) in [4.78, 5) is 5.08. The highest BCUT2D eigenvalue weighted by atomic mass is 35.5. The lowest BCUT2D eigenvalue weighted by molar-refractivity contribution is -0.876. The number of nitrogens with zero attached hydrogens (tertiary/aromatic N) is 2. The minimum absolute atomic E-state index is 0.635. The van der Waals surface area contributed by atoms with Gasteiger partial charge in [-0.05, 0) is 16.9 Å². The molecule has 0 N–H and O–H groups in total. The summed E-state index contributed by atoms with van der Waals surface area (Å²) in [5.74, 6) is 0. The van der Waals surface area contributed by atoms with Crippen LogP contribution in [0.2, 0.25) is 10.0 Å². The van der Waals surface area contributed by atoms with E-state index in [9.17, 15) is 0 Å². The van der Waals surface area contributed by atoms with Crippen molar-refractivity contribution in [3.8, 4) is 0 Å². The van der Waals surface area contributed by atoms with Crippen LogP contribution in [0.3, 0.4) is 0 Å². The zero-order valence-corrected chi connectivity index (χ0v) is 10.5. The van der Waals surface area contributed by atoms with E-state index in [2.05, 4.69) is 6.58 Å². The van der Waals surface area contributed by atoms with Crippen LogP contribution in [0.15, 0.2) is 49.8 Å². The van der Waals surface area contributed by atoms with Gasteiger partial charge in [0.2, 0.25) is 0 Å². The SMILES string of the molecule is C=CO[n+]1ccn(Cc2ccc(Cl)cc2Cl)c1. The van der Waals surface area contributed by atoms with E-state index in [-0.39, 0.29) is 0 Å². The lowest BCUT2D eigenvalue weighted by Gasteiger charge is -2.01. The van der Waals surface area contributed by atoms with Crippen LogP contribution in [0.25, 0.3) is 0 Å². The maximum Gasteiger partial charge on any atom is 0.285 e. The Morgan fingerprint density at radius 2 is 2.24 bits per heavy atom. The van der Waals surface area contributed by atoms with E-state index in [4.69, 9.17) is 28.0 Å². The van der Waals surface area contributed by atoms with Gasteiger partial charge in [0.05, 0.1) is 0 Å². The van der Waals surface area contributed by atoms with Gasteiger partial charge in [0.15, 0.2) is 6.20 Å². The summed E-state index contributed by atoms with van der Waals surface area (Å²) >= 11 is 11.9. The lowest BCUT2D eigenvalue weighted by Crippen LogP contribution is -2.37. The fourth-order valence-electron chi connectivity index (χ4n) is 1.46. The van der Waals surface area contributed by atoms with E-state index in [0.29, 0.717) is 16.6 Å². The van der Waals surface area contributed by atoms with Gasteiger partial charge >= 0.3 is 0 Å². The fraction of sp³-hybridized carbons (Fsp3) is 0.0833. The summed E-state index contributed by atoms with van der Waals surface area (Å²) in [6.07, 6.45) is 6.83. The molecule has 0 aliphatic heterocycles. The van der Waals surface area contributed by atoms with E-state index in [1.807, 2.05) is 22.9 Å². The Bertz CT molecular complexity index is 537. The molecule has 3 nitrogen and oxygen atoms in total. The second kappa shape index (κ2) is 5.25. The summed E-state index contributed by atoms with van der Waals surface area (Å²) in [6.45, 7) is 4.14. The predicted molar refractivity (Wildman–Crippen MR) is 67.0 cm³/mol. The van der Waals surface area contributed by atoms with Crippen molar-refractivity contribution in [2.45, 2.75) is 6.54 Å². The van der Waals surface area contributed by atoms with Crippen LogP contribution < -0.4 is 9.57 Å². The number of halogens is 2. The van der Waals surface area contributed by atoms with E-state index in [0.717, 1.165) is 5.56 Å². The molecule has 0 saturated heterocycles. The van der Waals surface area contributed by atoms with Crippen molar-refractivity contribution in [2.24, 2.45) is 0 Å². The molecular weight excluding hydrogens is 259 g/mol. The third-order valence-corrected chi connectivity index (χ3v) is 2.82. The van der Waals surface area contributed by atoms with Gasteiger partial charge in [0.25, 0.3) is 6.33 Å². The first-order valence-corrected chi connectivity index (χ1v) is 5.73. The molecule has 1 aromatic carbocycles. The van der Waals surface area contributed by atoms with Crippen molar-refractivity contribution in [1.29, 1.82) is 0 Å². The van der Waals surface area contributed by atoms with Crippen molar-refractivity contribution in [2.75, 3.05) is 0 Å². The Balaban J connectivity index is 2.16. The van der Waals surface area contributed by atoms with E-state index in [1.165, 1.54) is 6.26 Å². The first-order valence-electron chi connectivity index (χ1n) is 4.98. The molecule has 0 saturated carbocycles. The zero-order valence-electron chi connectivity index (χ0n) is 9.01. The van der Waals surface area contributed by atoms with Gasteiger partial charge in [-0.15, -0.1) is 0 Å². The van der Waals surface area contributed by atoms with Crippen molar-refractivity contribution < 1.29 is 9.57 Å². The molecule has 2 rings (SSSR count). The van der Waals surface area contributed by atoms with E-state index < -0.39 is 0 Å². The molecule has 2 aromatic rings. The van der Waals surface area contributed by atoms with Crippen LogP contribution in [-0.4, -0.2) is 4.57 Å². The zero-order chi connectivity index (χ0) is 12.3. The third-order valence-electron chi connectivity index (χ3n) is 2.23. The maximum absolute atomic E-state index is 6.10. The van der Waals surface area contributed by atoms with E-state index in [1.54, 1.807) is 23.3 Å². The molecule has 0 bridgehead atoms. The molecular formula is C12H11Cl2N2O+. The predicted octanol–water partition coefficient (Wildman–Crippen LogP) is 2.70. The maximum atomic E-state index is 6.10. The monoisotopic (exact) mass is 269 g/mol. The molecule has 0 atom stereocenters. The van der Waals surface area contributed by atoms with Gasteiger partial charge in [0.1, 0.15) is 19.0 Å². The van der Waals surface area contributed by atoms with Gasteiger partial charge in [-0.1, -0.05) is 35.8 Å². The van der Waals surface area contributed by atoms with Crippen molar-refractivity contribution >= 4 is 23.2 Å². The number of benzene rings is 1. The summed E-state index contributed by atoms with van der Waals surface area (Å²) < 4.78 is 3.50. The molecule has 0 aliphatic carbocycles. The first-order chi connectivity index (χ1) is 8.19. The minimum Gasteiger partial charge on any atom is -0.305 e. The Morgan fingerprint density at radius 3 is 2.94 bits per heavy atom. The summed E-state index contributed by atoms with van der Waals surface area (Å²) in [7, 11) is 0. The van der Waals surface area contributed by atoms with Crippen LogP contribution in [0.4, 0.5) is 0 Å². The minimum atomic E-state index is 0.635. The summed E-state index contributed by atoms with van der Waals surface area (Å²) in [6, 6.07) is 5.46. The molecule has 5 heteroatoms. The largest absolute Gasteiger partial charge is 0.305 e. The first kappa shape index (κ1) is 12.0. The molecule has 0 radical (unpaired) electrons. The average molecular weight is 270 g/mol. The van der Waals surface area contributed by atoms with Gasteiger partial charge < -0.3 is 4.84 Å². The Labute approximate surface area is 109 Å². The highest BCUT2D eigenvalue weighted by Crippen LogP contribution is 2.21. The summed E-state index contributed by atoms with van der Waals surface area (Å²) in [5.41, 5.74) is 0.998. The van der Waals surface area contributed by atoms with Crippen molar-refractivity contribution in [3.63, 3.8) is 0 Å². The van der Waals surface area contributed by atoms with Crippen LogP contribution in [-0.2, 0) is 6.54 Å². The van der Waals surface area contributed by atoms with Crippen LogP contribution in [0, 0.1) is 0 Å². The van der Waals surface area contributed by atoms with Crippen LogP contribution in [0.5, 0.6) is 0 Å². The van der Waals surface area contributed by atoms with Crippen molar-refractivity contribution in [1.82, 2.24) is 4.57 Å². The molecule has 0 amide bonds. The fourth-order valence-corrected chi connectivity index (χ4v) is 1.93.